The summed E-state index contributed by atoms with van der Waals surface area (Å²) in [6.07, 6.45) is 0. The first kappa shape index (κ1) is 22.6. The number of fused-ring (bicyclic) bond motifs is 1. The highest BCUT2D eigenvalue weighted by Crippen LogP contribution is 2.39. The molecule has 4 nitrogen and oxygen atoms in total. The van der Waals surface area contributed by atoms with Gasteiger partial charge in [-0.1, -0.05) is 41.9 Å². The summed E-state index contributed by atoms with van der Waals surface area (Å²) in [5.74, 6) is 0.496. The first-order valence-corrected chi connectivity index (χ1v) is 12.3. The summed E-state index contributed by atoms with van der Waals surface area (Å²) in [7, 11) is 0. The molecule has 0 heterocycles. The predicted octanol–water partition coefficient (Wildman–Crippen LogP) is 8.22. The maximum absolute atomic E-state index is 12.9. The molecule has 0 fully saturated rings. The minimum atomic E-state index is -0.460. The number of benzene rings is 4. The fourth-order valence-corrected chi connectivity index (χ4v) is 5.62. The Morgan fingerprint density at radius 2 is 1.74 bits per heavy atom. The largest absolute Gasteiger partial charge is 0.506 e. The van der Waals surface area contributed by atoms with Crippen molar-refractivity contribution in [3.8, 4) is 17.2 Å². The quantitative estimate of drug-likeness (QED) is 0.209. The summed E-state index contributed by atoms with van der Waals surface area (Å²) in [6, 6.07) is 20.2. The SMILES string of the molecule is O=C(Nc1cc(Cl)ccc1Oc1ccc2ccccc2c1Br)c1cc(I)cc(I)c1O. The van der Waals surface area contributed by atoms with E-state index in [0.29, 0.717) is 25.8 Å². The molecule has 156 valence electrons. The zero-order valence-electron chi connectivity index (χ0n) is 15.6. The van der Waals surface area contributed by atoms with Gasteiger partial charge in [0.05, 0.1) is 19.3 Å². The van der Waals surface area contributed by atoms with Crippen molar-refractivity contribution in [1.29, 1.82) is 0 Å². The number of hydrogen-bond donors (Lipinski definition) is 2. The average molecular weight is 721 g/mol. The van der Waals surface area contributed by atoms with Gasteiger partial charge in [-0.2, -0.15) is 0 Å². The second-order valence-electron chi connectivity index (χ2n) is 6.58. The molecule has 0 atom stereocenters. The molecule has 0 saturated carbocycles. The molecule has 8 heteroatoms. The Hall–Kier alpha value is -1.56. The van der Waals surface area contributed by atoms with Gasteiger partial charge < -0.3 is 15.2 Å². The van der Waals surface area contributed by atoms with Gasteiger partial charge in [0.1, 0.15) is 11.5 Å². The van der Waals surface area contributed by atoms with Crippen molar-refractivity contribution in [3.63, 3.8) is 0 Å². The van der Waals surface area contributed by atoms with Crippen molar-refractivity contribution >= 4 is 95.1 Å². The van der Waals surface area contributed by atoms with Crippen LogP contribution in [0.15, 0.2) is 71.2 Å². The molecule has 4 aromatic rings. The molecule has 0 aromatic heterocycles. The number of carbonyl (C=O) groups is 1. The van der Waals surface area contributed by atoms with Crippen LogP contribution >= 0.6 is 72.7 Å². The van der Waals surface area contributed by atoms with Gasteiger partial charge in [-0.25, -0.2) is 0 Å². The summed E-state index contributed by atoms with van der Waals surface area (Å²) in [6.45, 7) is 0. The Labute approximate surface area is 219 Å². The van der Waals surface area contributed by atoms with E-state index >= 15 is 0 Å². The van der Waals surface area contributed by atoms with Crippen molar-refractivity contribution in [2.75, 3.05) is 5.32 Å². The summed E-state index contributed by atoms with van der Waals surface area (Å²) >= 11 is 13.9. The van der Waals surface area contributed by atoms with Gasteiger partial charge in [0, 0.05) is 8.59 Å². The Bertz CT molecular complexity index is 1330. The molecule has 1 amide bonds. The smallest absolute Gasteiger partial charge is 0.259 e. The highest BCUT2D eigenvalue weighted by Gasteiger charge is 2.18. The Morgan fingerprint density at radius 1 is 1.00 bits per heavy atom. The van der Waals surface area contributed by atoms with Crippen molar-refractivity contribution in [3.05, 3.63) is 88.9 Å². The van der Waals surface area contributed by atoms with Crippen LogP contribution in [0.25, 0.3) is 10.8 Å². The number of rotatable bonds is 4. The van der Waals surface area contributed by atoms with E-state index in [0.717, 1.165) is 18.8 Å². The second-order valence-corrected chi connectivity index (χ2v) is 10.2. The van der Waals surface area contributed by atoms with E-state index < -0.39 is 5.91 Å². The third kappa shape index (κ3) is 4.94. The number of hydrogen-bond acceptors (Lipinski definition) is 3. The standard InChI is InChI=1S/C23H13BrClI2NO3/c24-21-15-4-2-1-3-12(15)5-7-20(21)31-19-8-6-13(25)9-18(19)28-23(30)16-10-14(26)11-17(27)22(16)29/h1-11,29H,(H,28,30). The fraction of sp³-hybridized carbons (Fsp3) is 0. The van der Waals surface area contributed by atoms with Crippen LogP contribution in [0.4, 0.5) is 5.69 Å². The van der Waals surface area contributed by atoms with Crippen LogP contribution in [0.2, 0.25) is 5.02 Å². The molecular formula is C23H13BrClI2NO3. The first-order valence-electron chi connectivity index (χ1n) is 8.97. The van der Waals surface area contributed by atoms with E-state index in [-0.39, 0.29) is 11.3 Å². The minimum absolute atomic E-state index is 0.0692. The molecule has 0 bridgehead atoms. The molecule has 0 saturated heterocycles. The van der Waals surface area contributed by atoms with E-state index in [4.69, 9.17) is 16.3 Å². The van der Waals surface area contributed by atoms with E-state index in [1.807, 2.05) is 59.0 Å². The second kappa shape index (κ2) is 9.51. The number of amides is 1. The van der Waals surface area contributed by atoms with Crippen molar-refractivity contribution < 1.29 is 14.6 Å². The van der Waals surface area contributed by atoms with Crippen LogP contribution in [-0.2, 0) is 0 Å². The van der Waals surface area contributed by atoms with E-state index in [2.05, 4.69) is 43.8 Å². The number of phenolic OH excluding ortho intramolecular Hbond substituents is 1. The molecule has 0 aliphatic rings. The highest BCUT2D eigenvalue weighted by atomic mass is 127. The van der Waals surface area contributed by atoms with E-state index in [9.17, 15) is 9.90 Å². The summed E-state index contributed by atoms with van der Waals surface area (Å²) in [5.41, 5.74) is 0.569. The maximum Gasteiger partial charge on any atom is 0.259 e. The number of halogens is 4. The summed E-state index contributed by atoms with van der Waals surface area (Å²) in [4.78, 5) is 12.9. The van der Waals surface area contributed by atoms with Gasteiger partial charge >= 0.3 is 0 Å². The van der Waals surface area contributed by atoms with Crippen molar-refractivity contribution in [2.24, 2.45) is 0 Å². The number of ether oxygens (including phenoxy) is 1. The van der Waals surface area contributed by atoms with Gasteiger partial charge in [-0.3, -0.25) is 4.79 Å². The molecule has 0 aliphatic carbocycles. The normalized spacial score (nSPS) is 10.8. The third-order valence-corrected chi connectivity index (χ3v) is 7.01. The molecule has 4 aromatic carbocycles. The zero-order chi connectivity index (χ0) is 22.1. The molecule has 2 N–H and O–H groups in total. The number of anilines is 1. The lowest BCUT2D eigenvalue weighted by atomic mass is 10.1. The highest BCUT2D eigenvalue weighted by molar-refractivity contribution is 14.1. The zero-order valence-corrected chi connectivity index (χ0v) is 22.3. The molecule has 0 spiro atoms. The maximum atomic E-state index is 12.9. The Balaban J connectivity index is 1.69. The lowest BCUT2D eigenvalue weighted by Crippen LogP contribution is -2.13. The molecule has 31 heavy (non-hydrogen) atoms. The fourth-order valence-electron chi connectivity index (χ4n) is 3.03. The first-order chi connectivity index (χ1) is 14.8. The number of nitrogens with one attached hydrogen (secondary N) is 1. The number of aromatic hydroxyl groups is 1. The molecule has 0 unspecified atom stereocenters. The van der Waals surface area contributed by atoms with Crippen molar-refractivity contribution in [2.45, 2.75) is 0 Å². The third-order valence-electron chi connectivity index (χ3n) is 4.51. The minimum Gasteiger partial charge on any atom is -0.506 e. The monoisotopic (exact) mass is 719 g/mol. The van der Waals surface area contributed by atoms with Crippen LogP contribution in [0.5, 0.6) is 17.2 Å². The molecule has 0 aliphatic heterocycles. The van der Waals surface area contributed by atoms with Crippen LogP contribution in [0, 0.1) is 7.14 Å². The molecule has 0 radical (unpaired) electrons. The summed E-state index contributed by atoms with van der Waals surface area (Å²) in [5, 5.41) is 15.7. The lowest BCUT2D eigenvalue weighted by molar-refractivity contribution is 0.102. The van der Waals surface area contributed by atoms with Gasteiger partial charge in [-0.15, -0.1) is 0 Å². The summed E-state index contributed by atoms with van der Waals surface area (Å²) < 4.78 is 8.38. The predicted molar refractivity (Wildman–Crippen MR) is 145 cm³/mol. The van der Waals surface area contributed by atoms with Gasteiger partial charge in [0.2, 0.25) is 0 Å². The van der Waals surface area contributed by atoms with E-state index in [1.165, 1.54) is 0 Å². The van der Waals surface area contributed by atoms with Crippen molar-refractivity contribution in [1.82, 2.24) is 0 Å². The van der Waals surface area contributed by atoms with Gasteiger partial charge in [0.25, 0.3) is 5.91 Å². The molecule has 4 rings (SSSR count). The molecular weight excluding hydrogens is 707 g/mol. The van der Waals surface area contributed by atoms with Crippen LogP contribution in [0.3, 0.4) is 0 Å². The Kier molecular flexibility index (Phi) is 6.95. The van der Waals surface area contributed by atoms with Crippen LogP contribution in [-0.4, -0.2) is 11.0 Å². The van der Waals surface area contributed by atoms with Gasteiger partial charge in [0.15, 0.2) is 5.75 Å². The average Bonchev–Trinajstić information content (AvgIpc) is 2.74. The topological polar surface area (TPSA) is 58.6 Å². The van der Waals surface area contributed by atoms with Crippen LogP contribution in [0.1, 0.15) is 10.4 Å². The number of phenols is 1. The van der Waals surface area contributed by atoms with Gasteiger partial charge in [-0.05, 0) is 108 Å². The van der Waals surface area contributed by atoms with Crippen LogP contribution < -0.4 is 10.1 Å². The lowest BCUT2D eigenvalue weighted by Gasteiger charge is -2.15. The number of carbonyl (C=O) groups excluding carboxylic acids is 1. The van der Waals surface area contributed by atoms with E-state index in [1.54, 1.807) is 30.3 Å². The Morgan fingerprint density at radius 3 is 2.55 bits per heavy atom.